The number of hydrogen-bond donors (Lipinski definition) is 1. The van der Waals surface area contributed by atoms with Crippen molar-refractivity contribution in [2.45, 2.75) is 52.1 Å². The molecule has 2 heterocycles. The van der Waals surface area contributed by atoms with E-state index < -0.39 is 29.5 Å². The van der Waals surface area contributed by atoms with Gasteiger partial charge in [0.05, 0.1) is 13.2 Å². The Kier molecular flexibility index (Phi) is 12.9. The molecular weight excluding hydrogens is 310 g/mol. The molecule has 0 radical (unpaired) electrons. The van der Waals surface area contributed by atoms with E-state index in [0.717, 1.165) is 26.4 Å². The van der Waals surface area contributed by atoms with Gasteiger partial charge in [-0.3, -0.25) is 0 Å². The van der Waals surface area contributed by atoms with Crippen molar-refractivity contribution < 1.29 is 34.0 Å². The summed E-state index contributed by atoms with van der Waals surface area (Å²) in [4.78, 5) is 14.4. The Morgan fingerprint density at radius 2 is 1.48 bits per heavy atom. The van der Waals surface area contributed by atoms with Gasteiger partial charge >= 0.3 is 0 Å². The minimum atomic E-state index is -0.871. The highest BCUT2D eigenvalue weighted by Gasteiger charge is 2.48. The number of nitrogens with zero attached hydrogens (tertiary/aromatic N) is 1. The molecule has 1 N–H and O–H groups in total. The molecule has 2 aliphatic heterocycles. The molecular formula is C14H29NO8. The van der Waals surface area contributed by atoms with Crippen LogP contribution in [-0.2, 0) is 23.8 Å². The minimum Gasteiger partial charge on any atom is -0.388 e. The van der Waals surface area contributed by atoms with Crippen LogP contribution in [0, 0.1) is 10.1 Å². The van der Waals surface area contributed by atoms with Gasteiger partial charge in [-0.1, -0.05) is 0 Å². The van der Waals surface area contributed by atoms with E-state index in [0.29, 0.717) is 0 Å². The second-order valence-corrected chi connectivity index (χ2v) is 4.59. The molecule has 0 saturated carbocycles. The monoisotopic (exact) mass is 339 g/mol. The topological polar surface area (TPSA) is 110 Å². The Hall–Kier alpha value is -1.00. The van der Waals surface area contributed by atoms with Crippen LogP contribution in [0.4, 0.5) is 0 Å². The molecule has 0 bridgehead atoms. The molecule has 0 aromatic heterocycles. The van der Waals surface area contributed by atoms with Gasteiger partial charge in [-0.05, 0) is 27.7 Å². The number of ether oxygens (including phenoxy) is 4. The van der Waals surface area contributed by atoms with Crippen LogP contribution >= 0.6 is 0 Å². The fourth-order valence-corrected chi connectivity index (χ4v) is 2.05. The molecule has 0 aromatic rings. The summed E-state index contributed by atoms with van der Waals surface area (Å²) in [6.07, 6.45) is -2.41. The van der Waals surface area contributed by atoms with E-state index in [2.05, 4.69) is 4.84 Å². The lowest BCUT2D eigenvalue weighted by Gasteiger charge is -2.12. The molecule has 138 valence electrons. The van der Waals surface area contributed by atoms with Crippen molar-refractivity contribution in [1.82, 2.24) is 0 Å². The molecule has 0 spiro atoms. The number of rotatable bonds is 6. The molecule has 23 heavy (non-hydrogen) atoms. The van der Waals surface area contributed by atoms with Gasteiger partial charge in [-0.25, -0.2) is 0 Å². The number of hydrogen-bond acceptors (Lipinski definition) is 8. The lowest BCUT2D eigenvalue weighted by atomic mass is 10.1. The lowest BCUT2D eigenvalue weighted by Crippen LogP contribution is -2.33. The first-order valence-corrected chi connectivity index (χ1v) is 7.89. The van der Waals surface area contributed by atoms with Crippen molar-refractivity contribution in [2.75, 3.05) is 39.6 Å². The van der Waals surface area contributed by atoms with Crippen molar-refractivity contribution in [2.24, 2.45) is 0 Å². The number of aliphatic hydroxyl groups is 1. The van der Waals surface area contributed by atoms with E-state index in [-0.39, 0.29) is 13.2 Å². The average Bonchev–Trinajstić information content (AvgIpc) is 3.06. The normalized spacial score (nSPS) is 28.0. The first-order valence-electron chi connectivity index (χ1n) is 7.89. The van der Waals surface area contributed by atoms with E-state index in [4.69, 9.17) is 18.9 Å². The van der Waals surface area contributed by atoms with Gasteiger partial charge in [0.25, 0.3) is 5.09 Å². The Morgan fingerprint density at radius 3 is 1.87 bits per heavy atom. The summed E-state index contributed by atoms with van der Waals surface area (Å²) in [5.74, 6) is 0. The van der Waals surface area contributed by atoms with Crippen LogP contribution in [0.1, 0.15) is 27.7 Å². The fourth-order valence-electron chi connectivity index (χ4n) is 2.05. The maximum Gasteiger partial charge on any atom is 0.294 e. The van der Waals surface area contributed by atoms with Gasteiger partial charge in [0.2, 0.25) is 0 Å². The largest absolute Gasteiger partial charge is 0.388 e. The maximum absolute atomic E-state index is 10.0. The molecule has 0 aliphatic carbocycles. The predicted molar refractivity (Wildman–Crippen MR) is 81.7 cm³/mol. The summed E-state index contributed by atoms with van der Waals surface area (Å²) in [6.45, 7) is 11.6. The maximum atomic E-state index is 10.0. The summed E-state index contributed by atoms with van der Waals surface area (Å²) in [6, 6.07) is 0. The van der Waals surface area contributed by atoms with Crippen LogP contribution in [0.5, 0.6) is 0 Å². The highest BCUT2D eigenvalue weighted by Crippen LogP contribution is 2.28. The molecule has 0 unspecified atom stereocenters. The van der Waals surface area contributed by atoms with Crippen LogP contribution in [0.2, 0.25) is 0 Å². The number of fused-ring (bicyclic) bond motifs is 1. The molecule has 0 aromatic carbocycles. The zero-order valence-electron chi connectivity index (χ0n) is 14.3. The van der Waals surface area contributed by atoms with Crippen molar-refractivity contribution in [3.8, 4) is 0 Å². The molecule has 9 heteroatoms. The number of aliphatic hydroxyl groups excluding tert-OH is 1. The van der Waals surface area contributed by atoms with Gasteiger partial charge in [-0.2, -0.15) is 0 Å². The Morgan fingerprint density at radius 1 is 1.00 bits per heavy atom. The minimum absolute atomic E-state index is 0.0906. The van der Waals surface area contributed by atoms with Gasteiger partial charge in [0.15, 0.2) is 6.10 Å². The third-order valence-corrected chi connectivity index (χ3v) is 3.02. The zero-order chi connectivity index (χ0) is 17.7. The van der Waals surface area contributed by atoms with Crippen LogP contribution < -0.4 is 0 Å². The Labute approximate surface area is 136 Å². The van der Waals surface area contributed by atoms with Crippen LogP contribution in [0.25, 0.3) is 0 Å². The summed E-state index contributed by atoms with van der Waals surface area (Å²) in [5.41, 5.74) is 0. The molecule has 4 atom stereocenters. The second-order valence-electron chi connectivity index (χ2n) is 4.59. The van der Waals surface area contributed by atoms with Crippen molar-refractivity contribution in [3.63, 3.8) is 0 Å². The molecule has 2 aliphatic rings. The third kappa shape index (κ3) is 9.01. The van der Waals surface area contributed by atoms with Gasteiger partial charge in [0, 0.05) is 26.4 Å². The SMILES string of the molecule is CCOCC.CCOCC.O=[N+]([O-])O[C@@H]1CO[C@H]2[C@@H]1OC[C@@H]2O. The Bertz CT molecular complexity index is 295. The average molecular weight is 339 g/mol. The van der Waals surface area contributed by atoms with Crippen LogP contribution in [0.3, 0.4) is 0 Å². The molecule has 9 nitrogen and oxygen atoms in total. The van der Waals surface area contributed by atoms with Gasteiger partial charge < -0.3 is 28.9 Å². The second kappa shape index (κ2) is 13.4. The predicted octanol–water partition coefficient (Wildman–Crippen LogP) is 0.807. The van der Waals surface area contributed by atoms with Crippen molar-refractivity contribution >= 4 is 0 Å². The van der Waals surface area contributed by atoms with E-state index in [9.17, 15) is 15.2 Å². The van der Waals surface area contributed by atoms with E-state index in [1.807, 2.05) is 27.7 Å². The first kappa shape index (κ1) is 22.0. The highest BCUT2D eigenvalue weighted by atomic mass is 17.0. The third-order valence-electron chi connectivity index (χ3n) is 3.02. The van der Waals surface area contributed by atoms with E-state index in [1.165, 1.54) is 0 Å². The standard InChI is InChI=1S/C6H9NO6.2C4H10O/c8-3-1-11-6-4(13-7(9)10)2-12-5(3)6;2*1-3-5-4-2/h3-6,8H,1-2H2;2*3-4H2,1-2H3/t3-,4+,5+,6+;;/m0../s1. The molecule has 2 fully saturated rings. The Balaban J connectivity index is 0.000000406. The molecule has 0 amide bonds. The zero-order valence-corrected chi connectivity index (χ0v) is 14.3. The summed E-state index contributed by atoms with van der Waals surface area (Å²) in [7, 11) is 0. The smallest absolute Gasteiger partial charge is 0.294 e. The summed E-state index contributed by atoms with van der Waals surface area (Å²) >= 11 is 0. The van der Waals surface area contributed by atoms with Gasteiger partial charge in [0.1, 0.15) is 18.3 Å². The lowest BCUT2D eigenvalue weighted by molar-refractivity contribution is -0.769. The summed E-state index contributed by atoms with van der Waals surface area (Å²) < 4.78 is 19.9. The van der Waals surface area contributed by atoms with Gasteiger partial charge in [-0.15, -0.1) is 10.1 Å². The fraction of sp³-hybridized carbons (Fsp3) is 1.00. The van der Waals surface area contributed by atoms with E-state index in [1.54, 1.807) is 0 Å². The van der Waals surface area contributed by atoms with Crippen LogP contribution in [-0.4, -0.2) is 74.3 Å². The highest BCUT2D eigenvalue weighted by molar-refractivity contribution is 4.94. The first-order chi connectivity index (χ1) is 11.0. The van der Waals surface area contributed by atoms with Crippen molar-refractivity contribution in [1.29, 1.82) is 0 Å². The summed E-state index contributed by atoms with van der Waals surface area (Å²) in [5, 5.41) is 18.4. The quantitative estimate of drug-likeness (QED) is 0.559. The molecule has 2 rings (SSSR count). The van der Waals surface area contributed by atoms with Crippen molar-refractivity contribution in [3.05, 3.63) is 10.1 Å². The van der Waals surface area contributed by atoms with Crippen LogP contribution in [0.15, 0.2) is 0 Å². The van der Waals surface area contributed by atoms with E-state index >= 15 is 0 Å². The molecule has 2 saturated heterocycles.